The number of carbonyl (C=O) groups is 1. The van der Waals surface area contributed by atoms with E-state index in [1.807, 2.05) is 24.3 Å². The molecule has 0 spiro atoms. The van der Waals surface area contributed by atoms with Gasteiger partial charge in [0.05, 0.1) is 13.7 Å². The average Bonchev–Trinajstić information content (AvgIpc) is 2.37. The number of hydrogen-bond donors (Lipinski definition) is 2. The van der Waals surface area contributed by atoms with Crippen LogP contribution in [0.15, 0.2) is 24.3 Å². The molecule has 0 aliphatic carbocycles. The fraction of sp³-hybridized carbons (Fsp3) is 0.462. The van der Waals surface area contributed by atoms with E-state index in [0.29, 0.717) is 13.1 Å². The zero-order chi connectivity index (χ0) is 12.5. The van der Waals surface area contributed by atoms with Crippen LogP contribution in [-0.4, -0.2) is 26.1 Å². The Morgan fingerprint density at radius 3 is 2.82 bits per heavy atom. The minimum atomic E-state index is 0.00403. The van der Waals surface area contributed by atoms with E-state index >= 15 is 0 Å². The summed E-state index contributed by atoms with van der Waals surface area (Å²) in [6.45, 7) is 3.79. The molecule has 0 aromatic heterocycles. The van der Waals surface area contributed by atoms with Gasteiger partial charge in [-0.25, -0.2) is 0 Å². The number of amides is 1. The lowest BCUT2D eigenvalue weighted by Crippen LogP contribution is -2.33. The van der Waals surface area contributed by atoms with E-state index in [4.69, 9.17) is 4.74 Å². The molecular formula is C13H20N2O2. The number of benzene rings is 1. The topological polar surface area (TPSA) is 50.4 Å². The van der Waals surface area contributed by atoms with Crippen LogP contribution in [0.3, 0.4) is 0 Å². The van der Waals surface area contributed by atoms with E-state index in [1.54, 1.807) is 7.11 Å². The number of hydrogen-bond acceptors (Lipinski definition) is 3. The minimum Gasteiger partial charge on any atom is -0.496 e. The van der Waals surface area contributed by atoms with Crippen molar-refractivity contribution in [3.63, 3.8) is 0 Å². The van der Waals surface area contributed by atoms with E-state index in [0.717, 1.165) is 24.3 Å². The molecule has 2 N–H and O–H groups in total. The molecule has 0 saturated heterocycles. The number of nitrogens with one attached hydrogen (secondary N) is 2. The zero-order valence-electron chi connectivity index (χ0n) is 10.5. The van der Waals surface area contributed by atoms with Gasteiger partial charge in [0.2, 0.25) is 5.91 Å². The standard InChI is InChI=1S/C13H20N2O2/c1-3-8-14-10-13(16)15-9-11-6-4-5-7-12(11)17-2/h4-7,14H,3,8-10H2,1-2H3,(H,15,16). The van der Waals surface area contributed by atoms with Crippen molar-refractivity contribution in [2.75, 3.05) is 20.2 Å². The summed E-state index contributed by atoms with van der Waals surface area (Å²) in [5, 5.41) is 5.91. The third kappa shape index (κ3) is 4.87. The third-order valence-electron chi connectivity index (χ3n) is 2.38. The normalized spacial score (nSPS) is 10.0. The second-order valence-corrected chi connectivity index (χ2v) is 3.77. The molecule has 94 valence electrons. The maximum atomic E-state index is 11.5. The van der Waals surface area contributed by atoms with Gasteiger partial charge in [-0.3, -0.25) is 4.79 Å². The van der Waals surface area contributed by atoms with Crippen molar-refractivity contribution in [2.24, 2.45) is 0 Å². The van der Waals surface area contributed by atoms with Gasteiger partial charge in [-0.1, -0.05) is 25.1 Å². The van der Waals surface area contributed by atoms with Crippen LogP contribution in [0.5, 0.6) is 5.75 Å². The Bertz CT molecular complexity index is 353. The molecule has 1 amide bonds. The van der Waals surface area contributed by atoms with Gasteiger partial charge < -0.3 is 15.4 Å². The molecule has 0 bridgehead atoms. The molecule has 1 aromatic carbocycles. The van der Waals surface area contributed by atoms with Crippen LogP contribution < -0.4 is 15.4 Å². The van der Waals surface area contributed by atoms with Crippen molar-refractivity contribution in [1.82, 2.24) is 10.6 Å². The fourth-order valence-electron chi connectivity index (χ4n) is 1.48. The monoisotopic (exact) mass is 236 g/mol. The summed E-state index contributed by atoms with van der Waals surface area (Å²) < 4.78 is 5.21. The molecule has 17 heavy (non-hydrogen) atoms. The molecule has 0 saturated carbocycles. The van der Waals surface area contributed by atoms with Crippen molar-refractivity contribution in [2.45, 2.75) is 19.9 Å². The van der Waals surface area contributed by atoms with Crippen LogP contribution in [0.25, 0.3) is 0 Å². The number of carbonyl (C=O) groups excluding carboxylic acids is 1. The van der Waals surface area contributed by atoms with Crippen molar-refractivity contribution in [3.8, 4) is 5.75 Å². The molecule has 0 radical (unpaired) electrons. The van der Waals surface area contributed by atoms with Gasteiger partial charge in [0, 0.05) is 12.1 Å². The number of ether oxygens (including phenoxy) is 1. The van der Waals surface area contributed by atoms with Gasteiger partial charge in [0.25, 0.3) is 0 Å². The smallest absolute Gasteiger partial charge is 0.234 e. The summed E-state index contributed by atoms with van der Waals surface area (Å²) in [5.74, 6) is 0.804. The summed E-state index contributed by atoms with van der Waals surface area (Å²) in [6.07, 6.45) is 1.03. The Labute approximate surface area is 102 Å². The first-order valence-corrected chi connectivity index (χ1v) is 5.87. The highest BCUT2D eigenvalue weighted by molar-refractivity contribution is 5.78. The van der Waals surface area contributed by atoms with Gasteiger partial charge in [-0.15, -0.1) is 0 Å². The lowest BCUT2D eigenvalue weighted by molar-refractivity contribution is -0.120. The molecule has 1 aromatic rings. The quantitative estimate of drug-likeness (QED) is 0.702. The molecule has 0 fully saturated rings. The van der Waals surface area contributed by atoms with Gasteiger partial charge in [0.1, 0.15) is 5.75 Å². The Balaban J connectivity index is 2.36. The molecule has 4 nitrogen and oxygen atoms in total. The van der Waals surface area contributed by atoms with Crippen LogP contribution in [0.1, 0.15) is 18.9 Å². The van der Waals surface area contributed by atoms with Crippen molar-refractivity contribution >= 4 is 5.91 Å². The Kier molecular flexibility index (Phi) is 6.10. The SMILES string of the molecule is CCCNCC(=O)NCc1ccccc1OC. The summed E-state index contributed by atoms with van der Waals surface area (Å²) in [5.41, 5.74) is 0.985. The van der Waals surface area contributed by atoms with E-state index < -0.39 is 0 Å². The maximum absolute atomic E-state index is 11.5. The van der Waals surface area contributed by atoms with Crippen LogP contribution >= 0.6 is 0 Å². The number of para-hydroxylation sites is 1. The van der Waals surface area contributed by atoms with Crippen LogP contribution in [-0.2, 0) is 11.3 Å². The molecule has 4 heteroatoms. The highest BCUT2D eigenvalue weighted by Crippen LogP contribution is 2.16. The van der Waals surface area contributed by atoms with Gasteiger partial charge >= 0.3 is 0 Å². The van der Waals surface area contributed by atoms with Gasteiger partial charge in [0.15, 0.2) is 0 Å². The van der Waals surface area contributed by atoms with Crippen LogP contribution in [0.4, 0.5) is 0 Å². The van der Waals surface area contributed by atoms with E-state index in [9.17, 15) is 4.79 Å². The van der Waals surface area contributed by atoms with Gasteiger partial charge in [-0.05, 0) is 19.0 Å². The fourth-order valence-corrected chi connectivity index (χ4v) is 1.48. The zero-order valence-corrected chi connectivity index (χ0v) is 10.5. The predicted octanol–water partition coefficient (Wildman–Crippen LogP) is 1.31. The molecule has 0 atom stereocenters. The van der Waals surface area contributed by atoms with Gasteiger partial charge in [-0.2, -0.15) is 0 Å². The Morgan fingerprint density at radius 1 is 1.35 bits per heavy atom. The Hall–Kier alpha value is -1.55. The van der Waals surface area contributed by atoms with Crippen molar-refractivity contribution in [1.29, 1.82) is 0 Å². The first-order valence-electron chi connectivity index (χ1n) is 5.87. The molecule has 0 aliphatic heterocycles. The molecular weight excluding hydrogens is 216 g/mol. The number of rotatable bonds is 7. The lowest BCUT2D eigenvalue weighted by atomic mass is 10.2. The first kappa shape index (κ1) is 13.5. The molecule has 0 aliphatic rings. The van der Waals surface area contributed by atoms with Crippen LogP contribution in [0.2, 0.25) is 0 Å². The molecule has 0 unspecified atom stereocenters. The maximum Gasteiger partial charge on any atom is 0.234 e. The second kappa shape index (κ2) is 7.68. The van der Waals surface area contributed by atoms with E-state index in [-0.39, 0.29) is 5.91 Å². The lowest BCUT2D eigenvalue weighted by Gasteiger charge is -2.09. The Morgan fingerprint density at radius 2 is 2.12 bits per heavy atom. The third-order valence-corrected chi connectivity index (χ3v) is 2.38. The summed E-state index contributed by atoms with van der Waals surface area (Å²) >= 11 is 0. The summed E-state index contributed by atoms with van der Waals surface area (Å²) in [4.78, 5) is 11.5. The highest BCUT2D eigenvalue weighted by atomic mass is 16.5. The summed E-state index contributed by atoms with van der Waals surface area (Å²) in [7, 11) is 1.63. The van der Waals surface area contributed by atoms with Crippen LogP contribution in [0, 0.1) is 0 Å². The molecule has 1 rings (SSSR count). The van der Waals surface area contributed by atoms with E-state index in [1.165, 1.54) is 0 Å². The minimum absolute atomic E-state index is 0.00403. The molecule has 0 heterocycles. The average molecular weight is 236 g/mol. The summed E-state index contributed by atoms with van der Waals surface area (Å²) in [6, 6.07) is 7.67. The van der Waals surface area contributed by atoms with Crippen molar-refractivity contribution < 1.29 is 9.53 Å². The number of methoxy groups -OCH3 is 1. The second-order valence-electron chi connectivity index (χ2n) is 3.77. The van der Waals surface area contributed by atoms with Crippen molar-refractivity contribution in [3.05, 3.63) is 29.8 Å². The largest absolute Gasteiger partial charge is 0.496 e. The highest BCUT2D eigenvalue weighted by Gasteiger charge is 2.04. The van der Waals surface area contributed by atoms with E-state index in [2.05, 4.69) is 17.6 Å². The predicted molar refractivity (Wildman–Crippen MR) is 68.0 cm³/mol. The first-order chi connectivity index (χ1) is 8.27.